The summed E-state index contributed by atoms with van der Waals surface area (Å²) in [5, 5.41) is 3.22. The Morgan fingerprint density at radius 3 is 2.35 bits per heavy atom. The SMILES string of the molecule is CC(C)N(C(=O)c1cc(F)ccc1Oc1cncnc1N1CC2(CCN(CC3CCN(S(=O)(=O)N4CCOC5(CNC5)C4)CC3)CC2)C1)C(C)C.Cl. The van der Waals surface area contributed by atoms with Crippen molar-refractivity contribution in [2.24, 2.45) is 11.3 Å². The summed E-state index contributed by atoms with van der Waals surface area (Å²) in [5.74, 6) is 1.09. The summed E-state index contributed by atoms with van der Waals surface area (Å²) >= 11 is 0. The number of halogens is 2. The molecule has 5 saturated heterocycles. The summed E-state index contributed by atoms with van der Waals surface area (Å²) in [6.07, 6.45) is 7.06. The zero-order chi connectivity index (χ0) is 36.0. The van der Waals surface area contributed by atoms with E-state index in [4.69, 9.17) is 9.47 Å². The van der Waals surface area contributed by atoms with Gasteiger partial charge in [-0.15, -0.1) is 12.4 Å². The Bertz CT molecular complexity index is 1670. The van der Waals surface area contributed by atoms with Gasteiger partial charge in [0.25, 0.3) is 16.1 Å². The number of piperidine rings is 2. The van der Waals surface area contributed by atoms with Crippen LogP contribution in [-0.2, 0) is 14.9 Å². The molecule has 13 nitrogen and oxygen atoms in total. The van der Waals surface area contributed by atoms with Crippen LogP contribution < -0.4 is 15.0 Å². The molecular formula is C36H54ClFN8O5S. The second kappa shape index (κ2) is 15.6. The Labute approximate surface area is 313 Å². The number of ether oxygens (including phenoxy) is 2. The van der Waals surface area contributed by atoms with E-state index in [-0.39, 0.29) is 52.7 Å². The second-order valence-corrected chi connectivity index (χ2v) is 17.8. The number of anilines is 1. The highest BCUT2D eigenvalue weighted by molar-refractivity contribution is 7.86. The molecule has 0 bridgehead atoms. The van der Waals surface area contributed by atoms with Crippen molar-refractivity contribution in [1.82, 2.24) is 33.7 Å². The average molecular weight is 765 g/mol. The summed E-state index contributed by atoms with van der Waals surface area (Å²) in [6, 6.07) is 3.91. The van der Waals surface area contributed by atoms with E-state index in [1.165, 1.54) is 24.5 Å². The Hall–Kier alpha value is -2.66. The van der Waals surface area contributed by atoms with Crippen LogP contribution in [0.25, 0.3) is 0 Å². The largest absolute Gasteiger partial charge is 0.451 e. The molecule has 7 rings (SSSR count). The van der Waals surface area contributed by atoms with E-state index in [9.17, 15) is 17.6 Å². The third-order valence-electron chi connectivity index (χ3n) is 11.5. The Morgan fingerprint density at radius 2 is 1.71 bits per heavy atom. The topological polar surface area (TPSA) is 124 Å². The van der Waals surface area contributed by atoms with Gasteiger partial charge in [0.15, 0.2) is 11.6 Å². The van der Waals surface area contributed by atoms with Gasteiger partial charge in [0.2, 0.25) is 0 Å². The number of carbonyl (C=O) groups excluding carboxylic acids is 1. The number of likely N-dealkylation sites (tertiary alicyclic amines) is 1. The average Bonchev–Trinajstić information content (AvgIpc) is 3.08. The quantitative estimate of drug-likeness (QED) is 0.384. The molecule has 288 valence electrons. The third kappa shape index (κ3) is 7.91. The number of aromatic nitrogens is 2. The van der Waals surface area contributed by atoms with Crippen molar-refractivity contribution < 1.29 is 27.1 Å². The number of nitrogens with one attached hydrogen (secondary N) is 1. The molecule has 5 aliphatic rings. The summed E-state index contributed by atoms with van der Waals surface area (Å²) in [6.45, 7) is 16.4. The summed E-state index contributed by atoms with van der Waals surface area (Å²) in [5.41, 5.74) is 0.0213. The highest BCUT2D eigenvalue weighted by Crippen LogP contribution is 2.45. The molecule has 0 saturated carbocycles. The van der Waals surface area contributed by atoms with Crippen LogP contribution in [-0.4, -0.2) is 139 Å². The van der Waals surface area contributed by atoms with E-state index in [1.54, 1.807) is 19.7 Å². The Kier molecular flexibility index (Phi) is 11.7. The molecule has 52 heavy (non-hydrogen) atoms. The van der Waals surface area contributed by atoms with Crippen molar-refractivity contribution in [2.75, 3.05) is 83.5 Å². The first-order valence-electron chi connectivity index (χ1n) is 18.5. The number of carbonyl (C=O) groups is 1. The molecule has 2 spiro atoms. The van der Waals surface area contributed by atoms with Crippen LogP contribution in [0.2, 0.25) is 0 Å². The van der Waals surface area contributed by atoms with E-state index in [0.717, 1.165) is 58.4 Å². The van der Waals surface area contributed by atoms with Crippen molar-refractivity contribution in [2.45, 2.75) is 71.1 Å². The lowest BCUT2D eigenvalue weighted by molar-refractivity contribution is -0.119. The molecule has 1 aromatic heterocycles. The second-order valence-electron chi connectivity index (χ2n) is 15.8. The number of morpholine rings is 1. The van der Waals surface area contributed by atoms with Crippen LogP contribution in [0.3, 0.4) is 0 Å². The molecule has 0 aliphatic carbocycles. The molecule has 6 heterocycles. The lowest BCUT2D eigenvalue weighted by atomic mass is 9.72. The molecule has 0 radical (unpaired) electrons. The van der Waals surface area contributed by atoms with Crippen LogP contribution in [0.15, 0.2) is 30.7 Å². The van der Waals surface area contributed by atoms with Crippen LogP contribution in [0.1, 0.15) is 63.7 Å². The number of hydrogen-bond acceptors (Lipinski definition) is 10. The predicted molar refractivity (Wildman–Crippen MR) is 199 cm³/mol. The fourth-order valence-electron chi connectivity index (χ4n) is 8.62. The van der Waals surface area contributed by atoms with E-state index < -0.39 is 16.0 Å². The minimum atomic E-state index is -3.48. The number of hydrogen-bond donors (Lipinski definition) is 1. The molecule has 16 heteroatoms. The monoisotopic (exact) mass is 764 g/mol. The number of nitrogens with zero attached hydrogens (tertiary/aromatic N) is 7. The van der Waals surface area contributed by atoms with E-state index >= 15 is 0 Å². The molecule has 1 N–H and O–H groups in total. The van der Waals surface area contributed by atoms with Gasteiger partial charge in [-0.3, -0.25) is 4.79 Å². The lowest BCUT2D eigenvalue weighted by Crippen LogP contribution is -2.70. The number of rotatable bonds is 10. The van der Waals surface area contributed by atoms with E-state index in [2.05, 4.69) is 25.1 Å². The van der Waals surface area contributed by atoms with Gasteiger partial charge in [0.1, 0.15) is 23.5 Å². The lowest BCUT2D eigenvalue weighted by Gasteiger charge is -2.54. The summed E-state index contributed by atoms with van der Waals surface area (Å²) in [4.78, 5) is 28.8. The standard InChI is InChI=1S/C36H53FN8O5S.ClH/c1-26(2)45(27(3)4)34(46)30-17-29(37)5-6-31(30)50-32-18-38-25-40-33(32)42-22-35(23-42)9-13-41(14-10-35)19-28-7-11-43(12-8-28)51(47,48)44-15-16-49-36(24-44)20-39-21-36;/h5-6,17-18,25-28,39H,7-16,19-24H2,1-4H3;1H. The third-order valence-corrected chi connectivity index (χ3v) is 13.5. The first-order chi connectivity index (χ1) is 24.4. The zero-order valence-electron chi connectivity index (χ0n) is 30.8. The first-order valence-corrected chi connectivity index (χ1v) is 19.9. The van der Waals surface area contributed by atoms with Gasteiger partial charge in [-0.2, -0.15) is 17.0 Å². The zero-order valence-corrected chi connectivity index (χ0v) is 32.4. The molecular weight excluding hydrogens is 711 g/mol. The van der Waals surface area contributed by atoms with Crippen LogP contribution in [0.5, 0.6) is 11.5 Å². The van der Waals surface area contributed by atoms with Gasteiger partial charge < -0.3 is 29.5 Å². The number of benzene rings is 1. The fourth-order valence-corrected chi connectivity index (χ4v) is 10.3. The van der Waals surface area contributed by atoms with E-state index in [1.807, 2.05) is 27.7 Å². The Morgan fingerprint density at radius 1 is 1.02 bits per heavy atom. The maximum atomic E-state index is 14.4. The van der Waals surface area contributed by atoms with Crippen molar-refractivity contribution in [3.63, 3.8) is 0 Å². The Balaban J connectivity index is 0.00000464. The molecule has 1 aromatic carbocycles. The van der Waals surface area contributed by atoms with Gasteiger partial charge in [0.05, 0.1) is 18.4 Å². The molecule has 2 aromatic rings. The van der Waals surface area contributed by atoms with Gasteiger partial charge in [-0.05, 0) is 90.6 Å². The molecule has 0 atom stereocenters. The van der Waals surface area contributed by atoms with E-state index in [0.29, 0.717) is 63.4 Å². The van der Waals surface area contributed by atoms with Crippen LogP contribution >= 0.6 is 12.4 Å². The van der Waals surface area contributed by atoms with Crippen molar-refractivity contribution in [1.29, 1.82) is 0 Å². The molecule has 0 unspecified atom stereocenters. The minimum absolute atomic E-state index is 0. The number of amides is 1. The predicted octanol–water partition coefficient (Wildman–Crippen LogP) is 3.62. The van der Waals surface area contributed by atoms with Crippen LogP contribution in [0, 0.1) is 17.2 Å². The van der Waals surface area contributed by atoms with Gasteiger partial charge in [-0.25, -0.2) is 14.4 Å². The first kappa shape index (κ1) is 39.0. The van der Waals surface area contributed by atoms with Crippen molar-refractivity contribution in [3.05, 3.63) is 42.1 Å². The highest BCUT2D eigenvalue weighted by atomic mass is 35.5. The molecule has 5 fully saturated rings. The smallest absolute Gasteiger partial charge is 0.282 e. The molecule has 1 amide bonds. The maximum absolute atomic E-state index is 14.4. The highest BCUT2D eigenvalue weighted by Gasteiger charge is 2.48. The van der Waals surface area contributed by atoms with Gasteiger partial charge in [-0.1, -0.05) is 0 Å². The maximum Gasteiger partial charge on any atom is 0.282 e. The van der Waals surface area contributed by atoms with Gasteiger partial charge in [0, 0.05) is 76.4 Å². The van der Waals surface area contributed by atoms with Crippen LogP contribution in [0.4, 0.5) is 10.2 Å². The minimum Gasteiger partial charge on any atom is -0.451 e. The summed E-state index contributed by atoms with van der Waals surface area (Å²) in [7, 11) is -3.48. The molecule has 5 aliphatic heterocycles. The van der Waals surface area contributed by atoms with Gasteiger partial charge >= 0.3 is 0 Å². The van der Waals surface area contributed by atoms with Crippen molar-refractivity contribution >= 4 is 34.3 Å². The fraction of sp³-hybridized carbons (Fsp3) is 0.694. The van der Waals surface area contributed by atoms with Crippen molar-refractivity contribution in [3.8, 4) is 11.5 Å². The summed E-state index contributed by atoms with van der Waals surface area (Å²) < 4.78 is 56.8. The normalized spacial score (nSPS) is 22.6.